The highest BCUT2D eigenvalue weighted by molar-refractivity contribution is 9.10. The van der Waals surface area contributed by atoms with Crippen LogP contribution >= 0.6 is 27.3 Å². The zero-order chi connectivity index (χ0) is 13.9. The Hall–Kier alpha value is -1.44. The minimum Gasteiger partial charge on any atom is -0.298 e. The first-order chi connectivity index (χ1) is 9.10. The monoisotopic (exact) mass is 333 g/mol. The van der Waals surface area contributed by atoms with Gasteiger partial charge in [0.25, 0.3) is 0 Å². The Morgan fingerprint density at radius 2 is 2.05 bits per heavy atom. The molecule has 0 N–H and O–H groups in total. The van der Waals surface area contributed by atoms with Crippen LogP contribution in [0.4, 0.5) is 0 Å². The molecule has 4 heteroatoms. The number of halogens is 1. The number of carbonyl (C=O) groups is 1. The lowest BCUT2D eigenvalue weighted by atomic mass is 9.75. The number of nitriles is 1. The van der Waals surface area contributed by atoms with E-state index < -0.39 is 5.41 Å². The smallest absolute Gasteiger partial charge is 0.154 e. The van der Waals surface area contributed by atoms with Gasteiger partial charge in [0.2, 0.25) is 0 Å². The molecule has 0 fully saturated rings. The van der Waals surface area contributed by atoms with Gasteiger partial charge in [-0.15, -0.1) is 11.3 Å². The molecule has 0 aliphatic rings. The Bertz CT molecular complexity index is 629. The molecule has 1 heterocycles. The molecule has 2 aromatic rings. The fourth-order valence-electron chi connectivity index (χ4n) is 2.03. The zero-order valence-electron chi connectivity index (χ0n) is 10.4. The Labute approximate surface area is 124 Å². The number of hydrogen-bond donors (Lipinski definition) is 0. The van der Waals surface area contributed by atoms with Crippen molar-refractivity contribution >= 4 is 33.0 Å². The minimum absolute atomic E-state index is 0.124. The highest BCUT2D eigenvalue weighted by Gasteiger charge is 2.38. The number of ketones is 1. The largest absolute Gasteiger partial charge is 0.298 e. The first-order valence-electron chi connectivity index (χ1n) is 5.80. The van der Waals surface area contributed by atoms with Crippen LogP contribution in [0.1, 0.15) is 17.4 Å². The van der Waals surface area contributed by atoms with E-state index in [-0.39, 0.29) is 5.78 Å². The van der Waals surface area contributed by atoms with Gasteiger partial charge in [-0.1, -0.05) is 30.3 Å². The molecule has 1 aromatic heterocycles. The summed E-state index contributed by atoms with van der Waals surface area (Å²) in [5, 5.41) is 11.6. The van der Waals surface area contributed by atoms with Crippen molar-refractivity contribution in [3.8, 4) is 6.07 Å². The summed E-state index contributed by atoms with van der Waals surface area (Å²) < 4.78 is 0.953. The van der Waals surface area contributed by atoms with Crippen molar-refractivity contribution in [3.05, 3.63) is 56.7 Å². The quantitative estimate of drug-likeness (QED) is 0.844. The summed E-state index contributed by atoms with van der Waals surface area (Å²) in [4.78, 5) is 13.1. The van der Waals surface area contributed by atoms with Crippen LogP contribution in [0, 0.1) is 11.3 Å². The van der Waals surface area contributed by atoms with Crippen molar-refractivity contribution in [1.82, 2.24) is 0 Å². The lowest BCUT2D eigenvalue weighted by Gasteiger charge is -2.23. The molecule has 0 aliphatic heterocycles. The van der Waals surface area contributed by atoms with E-state index in [0.29, 0.717) is 6.42 Å². The molecule has 0 saturated heterocycles. The van der Waals surface area contributed by atoms with Crippen LogP contribution in [0.25, 0.3) is 0 Å². The Kier molecular flexibility index (Phi) is 4.18. The van der Waals surface area contributed by atoms with Gasteiger partial charge in [0.05, 0.1) is 6.07 Å². The summed E-state index contributed by atoms with van der Waals surface area (Å²) in [6, 6.07) is 13.4. The van der Waals surface area contributed by atoms with E-state index >= 15 is 0 Å². The summed E-state index contributed by atoms with van der Waals surface area (Å²) in [6.07, 6.45) is 0.404. The summed E-state index contributed by atoms with van der Waals surface area (Å²) >= 11 is 5.01. The second kappa shape index (κ2) is 5.68. The third-order valence-electron chi connectivity index (χ3n) is 3.18. The number of hydrogen-bond acceptors (Lipinski definition) is 3. The van der Waals surface area contributed by atoms with Crippen LogP contribution < -0.4 is 0 Å². The Morgan fingerprint density at radius 3 is 2.53 bits per heavy atom. The Morgan fingerprint density at radius 1 is 1.37 bits per heavy atom. The van der Waals surface area contributed by atoms with Crippen molar-refractivity contribution < 1.29 is 4.79 Å². The average Bonchev–Trinajstić information content (AvgIpc) is 2.82. The van der Waals surface area contributed by atoms with Crippen LogP contribution in [0.5, 0.6) is 0 Å². The molecule has 0 bridgehead atoms. The second-order valence-electron chi connectivity index (χ2n) is 4.31. The molecule has 0 saturated carbocycles. The van der Waals surface area contributed by atoms with E-state index in [2.05, 4.69) is 22.0 Å². The minimum atomic E-state index is -1.10. The molecule has 19 heavy (non-hydrogen) atoms. The maximum Gasteiger partial charge on any atom is 0.154 e. The summed E-state index contributed by atoms with van der Waals surface area (Å²) in [5.41, 5.74) is -0.348. The van der Waals surface area contributed by atoms with Gasteiger partial charge in [0.15, 0.2) is 5.78 Å². The molecule has 2 nitrogen and oxygen atoms in total. The molecule has 0 amide bonds. The lowest BCUT2D eigenvalue weighted by molar-refractivity contribution is -0.120. The maximum absolute atomic E-state index is 12.1. The molecule has 0 aliphatic carbocycles. The predicted octanol–water partition coefficient (Wildman–Crippen LogP) is 4.10. The number of Topliss-reactive ketones (excluding diaryl/α,β-unsaturated/α-hetero) is 1. The van der Waals surface area contributed by atoms with E-state index in [4.69, 9.17) is 0 Å². The van der Waals surface area contributed by atoms with E-state index in [9.17, 15) is 10.1 Å². The van der Waals surface area contributed by atoms with Gasteiger partial charge >= 0.3 is 0 Å². The number of thiophene rings is 1. The topological polar surface area (TPSA) is 40.9 Å². The molecule has 1 unspecified atom stereocenters. The average molecular weight is 334 g/mol. The molecule has 0 spiro atoms. The standard InChI is InChI=1S/C15H12BrNOS/c1-11(18)15(10-17,12-5-3-2-4-6-12)9-14-13(16)7-8-19-14/h2-8H,9H2,1H3. The number of carbonyl (C=O) groups excluding carboxylic acids is 1. The highest BCUT2D eigenvalue weighted by Crippen LogP contribution is 2.34. The summed E-state index contributed by atoms with van der Waals surface area (Å²) in [6.45, 7) is 1.48. The third-order valence-corrected chi connectivity index (χ3v) is 5.10. The van der Waals surface area contributed by atoms with Gasteiger partial charge < -0.3 is 0 Å². The van der Waals surface area contributed by atoms with Crippen LogP contribution in [0.3, 0.4) is 0 Å². The van der Waals surface area contributed by atoms with Crippen LogP contribution in [-0.2, 0) is 16.6 Å². The number of benzene rings is 1. The van der Waals surface area contributed by atoms with Crippen molar-refractivity contribution in [1.29, 1.82) is 5.26 Å². The normalized spacial score (nSPS) is 13.5. The van der Waals surface area contributed by atoms with Gasteiger partial charge in [-0.05, 0) is 39.9 Å². The van der Waals surface area contributed by atoms with E-state index in [1.807, 2.05) is 41.8 Å². The van der Waals surface area contributed by atoms with E-state index in [1.54, 1.807) is 11.3 Å². The maximum atomic E-state index is 12.1. The van der Waals surface area contributed by atoms with E-state index in [0.717, 1.165) is 14.9 Å². The van der Waals surface area contributed by atoms with Gasteiger partial charge in [-0.2, -0.15) is 5.26 Å². The fourth-order valence-corrected chi connectivity index (χ4v) is 3.60. The van der Waals surface area contributed by atoms with Gasteiger partial charge in [0.1, 0.15) is 5.41 Å². The molecular weight excluding hydrogens is 322 g/mol. The first-order valence-corrected chi connectivity index (χ1v) is 7.47. The van der Waals surface area contributed by atoms with Crippen molar-refractivity contribution in [2.75, 3.05) is 0 Å². The molecule has 1 aromatic carbocycles. The van der Waals surface area contributed by atoms with Gasteiger partial charge in [-0.3, -0.25) is 4.79 Å². The van der Waals surface area contributed by atoms with Gasteiger partial charge in [0, 0.05) is 15.8 Å². The zero-order valence-corrected chi connectivity index (χ0v) is 12.8. The van der Waals surface area contributed by atoms with Crippen molar-refractivity contribution in [2.24, 2.45) is 0 Å². The second-order valence-corrected chi connectivity index (χ2v) is 6.16. The van der Waals surface area contributed by atoms with E-state index in [1.165, 1.54) is 6.92 Å². The number of nitrogens with zero attached hydrogens (tertiary/aromatic N) is 1. The van der Waals surface area contributed by atoms with Gasteiger partial charge in [-0.25, -0.2) is 0 Å². The fraction of sp³-hybridized carbons (Fsp3) is 0.200. The third kappa shape index (κ3) is 2.63. The van der Waals surface area contributed by atoms with Crippen molar-refractivity contribution in [2.45, 2.75) is 18.8 Å². The predicted molar refractivity (Wildman–Crippen MR) is 80.1 cm³/mol. The Balaban J connectivity index is 2.51. The SMILES string of the molecule is CC(=O)C(C#N)(Cc1sccc1Br)c1ccccc1. The van der Waals surface area contributed by atoms with Crippen molar-refractivity contribution in [3.63, 3.8) is 0 Å². The molecule has 0 radical (unpaired) electrons. The number of rotatable bonds is 4. The molecule has 2 rings (SSSR count). The highest BCUT2D eigenvalue weighted by atomic mass is 79.9. The van der Waals surface area contributed by atoms with Crippen LogP contribution in [0.2, 0.25) is 0 Å². The lowest BCUT2D eigenvalue weighted by Crippen LogP contribution is -2.34. The summed E-state index contributed by atoms with van der Waals surface area (Å²) in [5.74, 6) is -0.124. The first kappa shape index (κ1) is 14.0. The summed E-state index contributed by atoms with van der Waals surface area (Å²) in [7, 11) is 0. The molecular formula is C15H12BrNOS. The van der Waals surface area contributed by atoms with Crippen LogP contribution in [0.15, 0.2) is 46.3 Å². The molecule has 96 valence electrons. The molecule has 1 atom stereocenters. The van der Waals surface area contributed by atoms with Crippen LogP contribution in [-0.4, -0.2) is 5.78 Å².